The van der Waals surface area contributed by atoms with Gasteiger partial charge in [-0.05, 0) is 44.6 Å². The Balaban J connectivity index is 2.42. The molecule has 1 aliphatic carbocycles. The zero-order valence-corrected chi connectivity index (χ0v) is 11.9. The summed E-state index contributed by atoms with van der Waals surface area (Å²) in [5.41, 5.74) is 0. The minimum atomic E-state index is 0.639. The van der Waals surface area contributed by atoms with Crippen LogP contribution < -0.4 is 5.32 Å². The van der Waals surface area contributed by atoms with Gasteiger partial charge in [0, 0.05) is 12.5 Å². The quantitative estimate of drug-likeness (QED) is 0.687. The molecule has 0 aromatic heterocycles. The zero-order valence-electron chi connectivity index (χ0n) is 11.9. The van der Waals surface area contributed by atoms with Crippen LogP contribution in [0.2, 0.25) is 0 Å². The van der Waals surface area contributed by atoms with Crippen LogP contribution in [0, 0.1) is 23.7 Å². The van der Waals surface area contributed by atoms with Crippen LogP contribution in [-0.2, 0) is 0 Å². The van der Waals surface area contributed by atoms with Crippen LogP contribution in [0.15, 0.2) is 0 Å². The van der Waals surface area contributed by atoms with Gasteiger partial charge in [-0.3, -0.25) is 0 Å². The highest BCUT2D eigenvalue weighted by Crippen LogP contribution is 2.33. The molecule has 1 atom stereocenters. The van der Waals surface area contributed by atoms with Gasteiger partial charge >= 0.3 is 0 Å². The molecule has 0 bridgehead atoms. The molecule has 0 amide bonds. The molecule has 0 spiro atoms. The molecule has 98 valence electrons. The second-order valence-electron chi connectivity index (χ2n) is 5.38. The van der Waals surface area contributed by atoms with Crippen molar-refractivity contribution in [3.63, 3.8) is 0 Å². The van der Waals surface area contributed by atoms with Crippen molar-refractivity contribution < 1.29 is 0 Å². The fourth-order valence-corrected chi connectivity index (χ4v) is 2.95. The van der Waals surface area contributed by atoms with Crippen LogP contribution in [0.1, 0.15) is 65.7 Å². The van der Waals surface area contributed by atoms with E-state index in [9.17, 15) is 0 Å². The molecule has 1 fully saturated rings. The van der Waals surface area contributed by atoms with E-state index in [0.717, 1.165) is 24.8 Å². The summed E-state index contributed by atoms with van der Waals surface area (Å²) in [6.45, 7) is 7.67. The third kappa shape index (κ3) is 5.13. The molecule has 0 radical (unpaired) electrons. The van der Waals surface area contributed by atoms with E-state index in [1.807, 2.05) is 6.92 Å². The van der Waals surface area contributed by atoms with Gasteiger partial charge in [0.2, 0.25) is 0 Å². The number of rotatable bonds is 6. The molecular formula is C16H29N. The third-order valence-electron chi connectivity index (χ3n) is 4.19. The van der Waals surface area contributed by atoms with Gasteiger partial charge in [0.25, 0.3) is 0 Å². The lowest BCUT2D eigenvalue weighted by molar-refractivity contribution is 0.219. The molecule has 1 unspecified atom stereocenters. The zero-order chi connectivity index (χ0) is 12.5. The maximum Gasteiger partial charge on any atom is 0.0245 e. The maximum absolute atomic E-state index is 3.70. The maximum atomic E-state index is 3.70. The Hall–Kier alpha value is -0.480. The van der Waals surface area contributed by atoms with Gasteiger partial charge in [-0.2, -0.15) is 0 Å². The monoisotopic (exact) mass is 235 g/mol. The summed E-state index contributed by atoms with van der Waals surface area (Å²) in [7, 11) is 0. The van der Waals surface area contributed by atoms with E-state index in [4.69, 9.17) is 0 Å². The lowest BCUT2D eigenvalue weighted by Crippen LogP contribution is -2.38. The van der Waals surface area contributed by atoms with Gasteiger partial charge < -0.3 is 5.32 Å². The molecule has 0 aromatic carbocycles. The van der Waals surface area contributed by atoms with Crippen LogP contribution in [-0.4, -0.2) is 12.6 Å². The average Bonchev–Trinajstić information content (AvgIpc) is 2.39. The molecule has 1 aliphatic rings. The summed E-state index contributed by atoms with van der Waals surface area (Å²) in [6.07, 6.45) is 9.32. The first-order chi connectivity index (χ1) is 8.31. The van der Waals surface area contributed by atoms with Crippen LogP contribution in [0.3, 0.4) is 0 Å². The lowest BCUT2D eigenvalue weighted by Gasteiger charge is -2.33. The Morgan fingerprint density at radius 1 is 1.18 bits per heavy atom. The second kappa shape index (κ2) is 8.59. The number of hydrogen-bond donors (Lipinski definition) is 1. The van der Waals surface area contributed by atoms with E-state index >= 15 is 0 Å². The fraction of sp³-hybridized carbons (Fsp3) is 0.875. The summed E-state index contributed by atoms with van der Waals surface area (Å²) in [6, 6.07) is 0.639. The van der Waals surface area contributed by atoms with Crippen molar-refractivity contribution in [2.45, 2.75) is 71.8 Å². The van der Waals surface area contributed by atoms with Crippen molar-refractivity contribution >= 4 is 0 Å². The average molecular weight is 235 g/mol. The smallest absolute Gasteiger partial charge is 0.0245 e. The Morgan fingerprint density at radius 3 is 2.41 bits per heavy atom. The molecule has 1 heteroatoms. The Kier molecular flexibility index (Phi) is 7.37. The summed E-state index contributed by atoms with van der Waals surface area (Å²) < 4.78 is 0. The Morgan fingerprint density at radius 2 is 1.88 bits per heavy atom. The Labute approximate surface area is 108 Å². The Bertz CT molecular complexity index is 240. The SMILES string of the molecule is CC#CCC(NCCC)C1CCC(CC)CC1. The lowest BCUT2D eigenvalue weighted by atomic mass is 9.77. The number of nitrogens with one attached hydrogen (secondary N) is 1. The highest BCUT2D eigenvalue weighted by atomic mass is 14.9. The molecule has 1 N–H and O–H groups in total. The van der Waals surface area contributed by atoms with Crippen molar-refractivity contribution in [1.82, 2.24) is 5.32 Å². The molecule has 0 heterocycles. The van der Waals surface area contributed by atoms with Gasteiger partial charge in [0.15, 0.2) is 0 Å². The van der Waals surface area contributed by atoms with E-state index in [0.29, 0.717) is 6.04 Å². The van der Waals surface area contributed by atoms with Gasteiger partial charge in [0.05, 0.1) is 0 Å². The van der Waals surface area contributed by atoms with Crippen LogP contribution in [0.5, 0.6) is 0 Å². The summed E-state index contributed by atoms with van der Waals surface area (Å²) in [4.78, 5) is 0. The summed E-state index contributed by atoms with van der Waals surface area (Å²) >= 11 is 0. The first-order valence-corrected chi connectivity index (χ1v) is 7.44. The van der Waals surface area contributed by atoms with E-state index in [1.165, 1.54) is 38.5 Å². The van der Waals surface area contributed by atoms with E-state index in [1.54, 1.807) is 0 Å². The van der Waals surface area contributed by atoms with Gasteiger partial charge in [-0.1, -0.05) is 33.1 Å². The standard InChI is InChI=1S/C16H29N/c1-4-7-8-16(17-13-5-2)15-11-9-14(6-3)10-12-15/h14-17H,5-6,8-13H2,1-3H3. The molecular weight excluding hydrogens is 206 g/mol. The molecule has 1 nitrogen and oxygen atoms in total. The van der Waals surface area contributed by atoms with Gasteiger partial charge in [-0.15, -0.1) is 11.8 Å². The fourth-order valence-electron chi connectivity index (χ4n) is 2.95. The first kappa shape index (κ1) is 14.6. The van der Waals surface area contributed by atoms with Crippen molar-refractivity contribution in [2.75, 3.05) is 6.54 Å². The second-order valence-corrected chi connectivity index (χ2v) is 5.38. The van der Waals surface area contributed by atoms with E-state index in [2.05, 4.69) is 31.0 Å². The predicted octanol–water partition coefficient (Wildman–Crippen LogP) is 3.98. The molecule has 17 heavy (non-hydrogen) atoms. The third-order valence-corrected chi connectivity index (χ3v) is 4.19. The van der Waals surface area contributed by atoms with Gasteiger partial charge in [-0.25, -0.2) is 0 Å². The molecule has 0 aromatic rings. The molecule has 0 aliphatic heterocycles. The highest BCUT2D eigenvalue weighted by Gasteiger charge is 2.25. The van der Waals surface area contributed by atoms with Crippen molar-refractivity contribution in [3.05, 3.63) is 0 Å². The largest absolute Gasteiger partial charge is 0.313 e. The van der Waals surface area contributed by atoms with Gasteiger partial charge in [0.1, 0.15) is 0 Å². The summed E-state index contributed by atoms with van der Waals surface area (Å²) in [5.74, 6) is 8.17. The van der Waals surface area contributed by atoms with Crippen LogP contribution in [0.25, 0.3) is 0 Å². The topological polar surface area (TPSA) is 12.0 Å². The van der Waals surface area contributed by atoms with Crippen LogP contribution in [0.4, 0.5) is 0 Å². The van der Waals surface area contributed by atoms with E-state index in [-0.39, 0.29) is 0 Å². The highest BCUT2D eigenvalue weighted by molar-refractivity contribution is 5.00. The normalized spacial score (nSPS) is 26.1. The first-order valence-electron chi connectivity index (χ1n) is 7.44. The minimum Gasteiger partial charge on any atom is -0.313 e. The van der Waals surface area contributed by atoms with E-state index < -0.39 is 0 Å². The molecule has 1 rings (SSSR count). The molecule has 1 saturated carbocycles. The molecule has 0 saturated heterocycles. The summed E-state index contributed by atoms with van der Waals surface area (Å²) in [5, 5.41) is 3.70. The number of hydrogen-bond acceptors (Lipinski definition) is 1. The minimum absolute atomic E-state index is 0.639. The predicted molar refractivity (Wildman–Crippen MR) is 75.9 cm³/mol. The van der Waals surface area contributed by atoms with Crippen molar-refractivity contribution in [1.29, 1.82) is 0 Å². The van der Waals surface area contributed by atoms with Crippen molar-refractivity contribution in [2.24, 2.45) is 11.8 Å². The van der Waals surface area contributed by atoms with Crippen molar-refractivity contribution in [3.8, 4) is 11.8 Å². The van der Waals surface area contributed by atoms with Crippen LogP contribution >= 0.6 is 0 Å².